The van der Waals surface area contributed by atoms with Crippen LogP contribution >= 0.6 is 0 Å². The van der Waals surface area contributed by atoms with Crippen LogP contribution in [-0.4, -0.2) is 21.0 Å². The van der Waals surface area contributed by atoms with Crippen LogP contribution in [0, 0.1) is 0 Å². The highest BCUT2D eigenvalue weighted by Gasteiger charge is 2.38. The van der Waals surface area contributed by atoms with Gasteiger partial charge in [-0.2, -0.15) is 0 Å². The van der Waals surface area contributed by atoms with Crippen LogP contribution < -0.4 is 0 Å². The minimum absolute atomic E-state index is 0.246. The molecule has 0 spiro atoms. The first-order chi connectivity index (χ1) is 10.8. The molecule has 1 aromatic rings. The first kappa shape index (κ1) is 20.1. The zero-order valence-corrected chi connectivity index (χ0v) is 16.6. The van der Waals surface area contributed by atoms with E-state index < -0.39 is 8.32 Å². The third-order valence-corrected chi connectivity index (χ3v) is 9.16. The van der Waals surface area contributed by atoms with Crippen LogP contribution in [0.2, 0.25) is 18.1 Å². The minimum atomic E-state index is -1.71. The van der Waals surface area contributed by atoms with Gasteiger partial charge in [-0.3, -0.25) is 0 Å². The molecule has 2 nitrogen and oxygen atoms in total. The lowest BCUT2D eigenvalue weighted by Crippen LogP contribution is -2.43. The van der Waals surface area contributed by atoms with E-state index in [2.05, 4.69) is 52.6 Å². The van der Waals surface area contributed by atoms with Gasteiger partial charge in [-0.05, 0) is 43.0 Å². The van der Waals surface area contributed by atoms with Gasteiger partial charge in [0, 0.05) is 12.7 Å². The van der Waals surface area contributed by atoms with Crippen LogP contribution in [0.15, 0.2) is 43.0 Å². The molecule has 1 atom stereocenters. The minimum Gasteiger partial charge on any atom is -0.414 e. The molecule has 0 amide bonds. The summed E-state index contributed by atoms with van der Waals surface area (Å²) in [5.41, 5.74) is 1.23. The number of hydrogen-bond donors (Lipinski definition) is 0. The normalized spacial score (nSPS) is 13.8. The van der Waals surface area contributed by atoms with Crippen LogP contribution in [-0.2, 0) is 15.8 Å². The molecular formula is C20H34O2Si. The smallest absolute Gasteiger partial charge is 0.192 e. The quantitative estimate of drug-likeness (QED) is 0.299. The molecule has 23 heavy (non-hydrogen) atoms. The maximum atomic E-state index is 6.52. The molecule has 0 fully saturated rings. The van der Waals surface area contributed by atoms with Gasteiger partial charge in [0.05, 0.1) is 6.61 Å². The second kappa shape index (κ2) is 9.41. The molecule has 1 unspecified atom stereocenters. The summed E-state index contributed by atoms with van der Waals surface area (Å²) in [6, 6.07) is 10.3. The van der Waals surface area contributed by atoms with Gasteiger partial charge in [0.15, 0.2) is 8.32 Å². The van der Waals surface area contributed by atoms with E-state index in [4.69, 9.17) is 9.16 Å². The molecule has 0 bridgehead atoms. The van der Waals surface area contributed by atoms with E-state index in [1.54, 1.807) is 0 Å². The Hall–Kier alpha value is -0.903. The van der Waals surface area contributed by atoms with Crippen LogP contribution in [0.25, 0.3) is 0 Å². The highest BCUT2D eigenvalue weighted by atomic mass is 28.4. The first-order valence-electron chi connectivity index (χ1n) is 8.66. The zero-order valence-electron chi connectivity index (χ0n) is 15.6. The molecule has 3 heteroatoms. The van der Waals surface area contributed by atoms with Gasteiger partial charge >= 0.3 is 0 Å². The summed E-state index contributed by atoms with van der Waals surface area (Å²) in [6.07, 6.45) is 5.23. The molecule has 0 radical (unpaired) electrons. The zero-order chi connectivity index (χ0) is 17.3. The molecule has 0 aliphatic carbocycles. The summed E-state index contributed by atoms with van der Waals surface area (Å²) >= 11 is 0. The van der Waals surface area contributed by atoms with E-state index in [0.29, 0.717) is 6.61 Å². The van der Waals surface area contributed by atoms with E-state index in [9.17, 15) is 0 Å². The van der Waals surface area contributed by atoms with Crippen molar-refractivity contribution < 1.29 is 9.16 Å². The SMILES string of the molecule is C=CCC(CCCOCc1ccccc1)O[Si](C)(C)C(C)(C)C. The lowest BCUT2D eigenvalue weighted by molar-refractivity contribution is 0.100. The predicted octanol–water partition coefficient (Wildman–Crippen LogP) is 5.95. The Labute approximate surface area is 144 Å². The topological polar surface area (TPSA) is 18.5 Å². The highest BCUT2D eigenvalue weighted by molar-refractivity contribution is 6.74. The number of ether oxygens (including phenoxy) is 1. The summed E-state index contributed by atoms with van der Waals surface area (Å²) in [5.74, 6) is 0. The van der Waals surface area contributed by atoms with Crippen molar-refractivity contribution in [3.8, 4) is 0 Å². The van der Waals surface area contributed by atoms with E-state index >= 15 is 0 Å². The van der Waals surface area contributed by atoms with Crippen LogP contribution in [0.3, 0.4) is 0 Å². The lowest BCUT2D eigenvalue weighted by atomic mass is 10.1. The van der Waals surface area contributed by atoms with Gasteiger partial charge in [-0.15, -0.1) is 6.58 Å². The summed E-state index contributed by atoms with van der Waals surface area (Å²) in [4.78, 5) is 0. The van der Waals surface area contributed by atoms with Crippen molar-refractivity contribution in [3.05, 3.63) is 48.6 Å². The van der Waals surface area contributed by atoms with Crippen molar-refractivity contribution in [2.45, 2.75) is 70.9 Å². The fourth-order valence-corrected chi connectivity index (χ4v) is 3.58. The number of benzene rings is 1. The van der Waals surface area contributed by atoms with Crippen molar-refractivity contribution in [2.24, 2.45) is 0 Å². The van der Waals surface area contributed by atoms with Crippen LogP contribution in [0.4, 0.5) is 0 Å². The second-order valence-corrected chi connectivity index (χ2v) is 12.5. The van der Waals surface area contributed by atoms with Crippen LogP contribution in [0.1, 0.15) is 45.6 Å². The fourth-order valence-electron chi connectivity index (χ4n) is 2.18. The van der Waals surface area contributed by atoms with Gasteiger partial charge in [-0.1, -0.05) is 57.2 Å². The summed E-state index contributed by atoms with van der Waals surface area (Å²) in [6.45, 7) is 16.8. The van der Waals surface area contributed by atoms with Crippen molar-refractivity contribution in [1.29, 1.82) is 0 Å². The molecule has 0 N–H and O–H groups in total. The van der Waals surface area contributed by atoms with E-state index in [-0.39, 0.29) is 11.1 Å². The third-order valence-electron chi connectivity index (χ3n) is 4.62. The molecule has 130 valence electrons. The summed E-state index contributed by atoms with van der Waals surface area (Å²) < 4.78 is 12.3. The van der Waals surface area contributed by atoms with E-state index in [1.807, 2.05) is 24.3 Å². The van der Waals surface area contributed by atoms with Gasteiger partial charge in [0.25, 0.3) is 0 Å². The molecular weight excluding hydrogens is 300 g/mol. The molecule has 1 aromatic carbocycles. The monoisotopic (exact) mass is 334 g/mol. The average molecular weight is 335 g/mol. The number of hydrogen-bond acceptors (Lipinski definition) is 2. The maximum absolute atomic E-state index is 6.52. The largest absolute Gasteiger partial charge is 0.414 e. The molecule has 0 saturated carbocycles. The van der Waals surface area contributed by atoms with Crippen molar-refractivity contribution in [1.82, 2.24) is 0 Å². The standard InChI is InChI=1S/C20H34O2Si/c1-7-12-19(22-23(5,6)20(2,3)4)15-11-16-21-17-18-13-9-8-10-14-18/h7-10,13-14,19H,1,11-12,15-17H2,2-6H3. The molecule has 0 aliphatic rings. The molecule has 1 rings (SSSR count). The molecule has 0 aromatic heterocycles. The first-order valence-corrected chi connectivity index (χ1v) is 11.6. The Kier molecular flexibility index (Phi) is 8.24. The van der Waals surface area contributed by atoms with E-state index in [1.165, 1.54) is 5.56 Å². The van der Waals surface area contributed by atoms with Gasteiger partial charge in [-0.25, -0.2) is 0 Å². The van der Waals surface area contributed by atoms with Crippen molar-refractivity contribution in [2.75, 3.05) is 6.61 Å². The third kappa shape index (κ3) is 7.47. The Balaban J connectivity index is 2.34. The maximum Gasteiger partial charge on any atom is 0.192 e. The molecule has 0 aliphatic heterocycles. The Morgan fingerprint density at radius 2 is 1.83 bits per heavy atom. The van der Waals surface area contributed by atoms with Crippen LogP contribution in [0.5, 0.6) is 0 Å². The van der Waals surface area contributed by atoms with Crippen molar-refractivity contribution in [3.63, 3.8) is 0 Å². The second-order valence-electron chi connectivity index (χ2n) is 7.70. The van der Waals surface area contributed by atoms with Crippen molar-refractivity contribution >= 4 is 8.32 Å². The molecule has 0 heterocycles. The highest BCUT2D eigenvalue weighted by Crippen LogP contribution is 2.38. The van der Waals surface area contributed by atoms with Gasteiger partial charge in [0.2, 0.25) is 0 Å². The predicted molar refractivity (Wildman–Crippen MR) is 102 cm³/mol. The van der Waals surface area contributed by atoms with Gasteiger partial charge in [0.1, 0.15) is 0 Å². The van der Waals surface area contributed by atoms with Gasteiger partial charge < -0.3 is 9.16 Å². The Morgan fingerprint density at radius 3 is 2.39 bits per heavy atom. The Morgan fingerprint density at radius 1 is 1.17 bits per heavy atom. The van der Waals surface area contributed by atoms with E-state index in [0.717, 1.165) is 25.9 Å². The number of rotatable bonds is 10. The average Bonchev–Trinajstić information content (AvgIpc) is 2.46. The lowest BCUT2D eigenvalue weighted by Gasteiger charge is -2.39. The Bertz CT molecular complexity index is 448. The summed E-state index contributed by atoms with van der Waals surface area (Å²) in [5, 5.41) is 0.246. The molecule has 0 saturated heterocycles. The fraction of sp³-hybridized carbons (Fsp3) is 0.600. The summed E-state index contributed by atoms with van der Waals surface area (Å²) in [7, 11) is -1.71.